The second kappa shape index (κ2) is 9.95. The summed E-state index contributed by atoms with van der Waals surface area (Å²) in [7, 11) is 0. The number of halogens is 3. The number of alkyl halides is 1. The number of hydrogen-bond acceptors (Lipinski definition) is 4. The Balaban J connectivity index is 0.00000200. The van der Waals surface area contributed by atoms with Gasteiger partial charge in [0.2, 0.25) is 0 Å². The molecule has 120 valence electrons. The third-order valence-corrected chi connectivity index (χ3v) is 3.26. The van der Waals surface area contributed by atoms with Crippen molar-refractivity contribution in [3.8, 4) is 5.75 Å². The molecule has 0 spiro atoms. The molecule has 1 aromatic rings. The van der Waals surface area contributed by atoms with E-state index >= 15 is 0 Å². The summed E-state index contributed by atoms with van der Waals surface area (Å²) < 4.78 is 18.3. The Bertz CT molecular complexity index is 425. The molecule has 0 aromatic heterocycles. The predicted molar refractivity (Wildman–Crippen MR) is 85.4 cm³/mol. The molecule has 1 atom stereocenters. The maximum atomic E-state index is 13.3. The molecule has 1 saturated heterocycles. The number of hydrogen-bond donors (Lipinski definition) is 1. The van der Waals surface area contributed by atoms with Gasteiger partial charge in [-0.05, 0) is 17.7 Å². The summed E-state index contributed by atoms with van der Waals surface area (Å²) in [6.45, 7) is 4.43. The van der Waals surface area contributed by atoms with Crippen LogP contribution in [0.25, 0.3) is 0 Å². The van der Waals surface area contributed by atoms with Gasteiger partial charge in [0, 0.05) is 33.1 Å². The van der Waals surface area contributed by atoms with E-state index in [9.17, 15) is 9.18 Å². The Kier molecular flexibility index (Phi) is 9.53. The van der Waals surface area contributed by atoms with E-state index in [1.807, 2.05) is 12.1 Å². The molecule has 0 radical (unpaired) electrons. The number of carbonyl (C=O) groups is 1. The minimum Gasteiger partial charge on any atom is -0.427 e. The van der Waals surface area contributed by atoms with Gasteiger partial charge >= 0.3 is 5.97 Å². The molecule has 1 fully saturated rings. The van der Waals surface area contributed by atoms with Gasteiger partial charge in [0.1, 0.15) is 12.4 Å². The van der Waals surface area contributed by atoms with Crippen molar-refractivity contribution < 1.29 is 13.9 Å². The van der Waals surface area contributed by atoms with Gasteiger partial charge in [0.25, 0.3) is 0 Å². The van der Waals surface area contributed by atoms with E-state index in [-0.39, 0.29) is 36.8 Å². The molecule has 0 amide bonds. The van der Waals surface area contributed by atoms with Crippen LogP contribution < -0.4 is 10.1 Å². The van der Waals surface area contributed by atoms with Gasteiger partial charge in [0.05, 0.1) is 6.04 Å². The molecule has 0 saturated carbocycles. The molecule has 7 heteroatoms. The average Bonchev–Trinajstić information content (AvgIpc) is 2.42. The van der Waals surface area contributed by atoms with E-state index in [1.165, 1.54) is 6.92 Å². The maximum Gasteiger partial charge on any atom is 0.308 e. The number of benzene rings is 1. The Morgan fingerprint density at radius 3 is 2.33 bits per heavy atom. The van der Waals surface area contributed by atoms with Gasteiger partial charge < -0.3 is 10.1 Å². The summed E-state index contributed by atoms with van der Waals surface area (Å²) in [6, 6.07) is 6.85. The monoisotopic (exact) mass is 338 g/mol. The standard InChI is InChI=1S/C14H19FN2O2.2ClH/c1-11(18)19-13-4-2-12(3-5-13)14(10-15)17-8-6-16-7-9-17;;/h2-5,14,16H,6-10H2,1H3;2*1H/t14-;;/m0../s1. The average molecular weight is 339 g/mol. The quantitative estimate of drug-likeness (QED) is 0.676. The summed E-state index contributed by atoms with van der Waals surface area (Å²) in [5.41, 5.74) is 0.917. The molecule has 1 heterocycles. The van der Waals surface area contributed by atoms with Crippen LogP contribution in [0.1, 0.15) is 18.5 Å². The van der Waals surface area contributed by atoms with Crippen molar-refractivity contribution in [2.24, 2.45) is 0 Å². The highest BCUT2D eigenvalue weighted by Crippen LogP contribution is 2.24. The molecular weight excluding hydrogens is 318 g/mol. The fourth-order valence-electron chi connectivity index (χ4n) is 2.32. The van der Waals surface area contributed by atoms with Crippen LogP contribution in [0.4, 0.5) is 4.39 Å². The van der Waals surface area contributed by atoms with Gasteiger partial charge in [0.15, 0.2) is 0 Å². The van der Waals surface area contributed by atoms with Gasteiger partial charge in [-0.1, -0.05) is 12.1 Å². The second-order valence-corrected chi connectivity index (χ2v) is 4.62. The first-order valence-corrected chi connectivity index (χ1v) is 6.50. The maximum absolute atomic E-state index is 13.3. The van der Waals surface area contributed by atoms with Crippen LogP contribution in [-0.4, -0.2) is 43.7 Å². The minimum atomic E-state index is -0.410. The van der Waals surface area contributed by atoms with Crippen LogP contribution >= 0.6 is 24.8 Å². The van der Waals surface area contributed by atoms with E-state index in [2.05, 4.69) is 10.2 Å². The summed E-state index contributed by atoms with van der Waals surface area (Å²) in [5.74, 6) is 0.145. The van der Waals surface area contributed by atoms with Gasteiger partial charge in [-0.25, -0.2) is 4.39 Å². The van der Waals surface area contributed by atoms with Crippen LogP contribution in [0.15, 0.2) is 24.3 Å². The first-order chi connectivity index (χ1) is 9.20. The van der Waals surface area contributed by atoms with Gasteiger partial charge in [-0.2, -0.15) is 0 Å². The lowest BCUT2D eigenvalue weighted by Gasteiger charge is -2.33. The zero-order valence-corrected chi connectivity index (χ0v) is 13.5. The smallest absolute Gasteiger partial charge is 0.308 e. The zero-order valence-electron chi connectivity index (χ0n) is 11.9. The Morgan fingerprint density at radius 2 is 1.86 bits per heavy atom. The number of carbonyl (C=O) groups excluding carboxylic acids is 1. The van der Waals surface area contributed by atoms with Crippen molar-refractivity contribution in [3.05, 3.63) is 29.8 Å². The predicted octanol–water partition coefficient (Wildman–Crippen LogP) is 2.37. The van der Waals surface area contributed by atoms with Gasteiger partial charge in [-0.3, -0.25) is 9.69 Å². The van der Waals surface area contributed by atoms with E-state index in [0.29, 0.717) is 5.75 Å². The highest BCUT2D eigenvalue weighted by atomic mass is 35.5. The van der Waals surface area contributed by atoms with Crippen LogP contribution in [0.3, 0.4) is 0 Å². The summed E-state index contributed by atoms with van der Waals surface area (Å²) in [5, 5.41) is 3.25. The van der Waals surface area contributed by atoms with Crippen LogP contribution in [0.5, 0.6) is 5.75 Å². The van der Waals surface area contributed by atoms with E-state index in [0.717, 1.165) is 31.7 Å². The number of esters is 1. The lowest BCUT2D eigenvalue weighted by atomic mass is 10.1. The zero-order chi connectivity index (χ0) is 13.7. The third kappa shape index (κ3) is 5.79. The normalized spacial score (nSPS) is 16.3. The van der Waals surface area contributed by atoms with E-state index in [4.69, 9.17) is 4.74 Å². The molecule has 21 heavy (non-hydrogen) atoms. The molecule has 0 bridgehead atoms. The SMILES string of the molecule is CC(=O)Oc1ccc([C@H](CF)N2CCNCC2)cc1.Cl.Cl. The first-order valence-electron chi connectivity index (χ1n) is 6.50. The molecule has 4 nitrogen and oxygen atoms in total. The van der Waals surface area contributed by atoms with Crippen LogP contribution in [0, 0.1) is 0 Å². The van der Waals surface area contributed by atoms with Crippen LogP contribution in [-0.2, 0) is 4.79 Å². The largest absolute Gasteiger partial charge is 0.427 e. The first kappa shape index (κ1) is 20.1. The van der Waals surface area contributed by atoms with Crippen molar-refractivity contribution in [1.82, 2.24) is 10.2 Å². The third-order valence-electron chi connectivity index (χ3n) is 3.26. The number of rotatable bonds is 4. The minimum absolute atomic E-state index is 0. The van der Waals surface area contributed by atoms with Crippen molar-refractivity contribution in [2.45, 2.75) is 13.0 Å². The van der Waals surface area contributed by atoms with Gasteiger partial charge in [-0.15, -0.1) is 24.8 Å². The second-order valence-electron chi connectivity index (χ2n) is 4.62. The molecular formula is C14H21Cl2FN2O2. The lowest BCUT2D eigenvalue weighted by Crippen LogP contribution is -2.45. The molecule has 1 aromatic carbocycles. The topological polar surface area (TPSA) is 41.6 Å². The number of piperazine rings is 1. The highest BCUT2D eigenvalue weighted by Gasteiger charge is 2.21. The number of ether oxygens (including phenoxy) is 1. The molecule has 2 rings (SSSR count). The lowest BCUT2D eigenvalue weighted by molar-refractivity contribution is -0.131. The Labute approximate surface area is 136 Å². The fraction of sp³-hybridized carbons (Fsp3) is 0.500. The Morgan fingerprint density at radius 1 is 1.29 bits per heavy atom. The fourth-order valence-corrected chi connectivity index (χ4v) is 2.32. The Hall–Kier alpha value is -0.880. The summed E-state index contributed by atoms with van der Waals surface area (Å²) in [6.07, 6.45) is 0. The van der Waals surface area contributed by atoms with Crippen molar-refractivity contribution in [2.75, 3.05) is 32.9 Å². The van der Waals surface area contributed by atoms with Crippen molar-refractivity contribution >= 4 is 30.8 Å². The molecule has 0 aliphatic carbocycles. The molecule has 1 N–H and O–H groups in total. The van der Waals surface area contributed by atoms with Crippen molar-refractivity contribution in [1.29, 1.82) is 0 Å². The van der Waals surface area contributed by atoms with E-state index in [1.54, 1.807) is 12.1 Å². The number of nitrogens with one attached hydrogen (secondary N) is 1. The van der Waals surface area contributed by atoms with E-state index < -0.39 is 6.67 Å². The summed E-state index contributed by atoms with van der Waals surface area (Å²) >= 11 is 0. The number of nitrogens with zero attached hydrogens (tertiary/aromatic N) is 1. The summed E-state index contributed by atoms with van der Waals surface area (Å²) in [4.78, 5) is 13.0. The van der Waals surface area contributed by atoms with Crippen molar-refractivity contribution in [3.63, 3.8) is 0 Å². The molecule has 1 aliphatic rings. The molecule has 1 aliphatic heterocycles. The van der Waals surface area contributed by atoms with Crippen LogP contribution in [0.2, 0.25) is 0 Å². The highest BCUT2D eigenvalue weighted by molar-refractivity contribution is 5.85. The molecule has 0 unspecified atom stereocenters.